The number of rotatable bonds is 4. The van der Waals surface area contributed by atoms with Crippen molar-refractivity contribution in [2.75, 3.05) is 0 Å². The molecule has 108 valence electrons. The van der Waals surface area contributed by atoms with Crippen molar-refractivity contribution >= 4 is 0 Å². The standard InChI is InChI=1S/C20H23N/c1-15-12-13-19(16(2)14-15)20(17-8-4-3-5-9-17)21-18-10-6-7-11-18/h3-9,12-14,18,20-21H,10-11H2,1-2H3. The summed E-state index contributed by atoms with van der Waals surface area (Å²) < 4.78 is 0. The molecule has 1 heteroatoms. The largest absolute Gasteiger partial charge is 0.303 e. The van der Waals surface area contributed by atoms with Gasteiger partial charge < -0.3 is 5.32 Å². The molecule has 1 aliphatic carbocycles. The zero-order chi connectivity index (χ0) is 14.7. The average Bonchev–Trinajstić information content (AvgIpc) is 2.99. The summed E-state index contributed by atoms with van der Waals surface area (Å²) in [4.78, 5) is 0. The number of aryl methyl sites for hydroxylation is 2. The van der Waals surface area contributed by atoms with Crippen LogP contribution >= 0.6 is 0 Å². The fourth-order valence-electron chi connectivity index (χ4n) is 3.15. The lowest BCUT2D eigenvalue weighted by Crippen LogP contribution is -2.32. The summed E-state index contributed by atoms with van der Waals surface area (Å²) in [6, 6.07) is 18.4. The lowest BCUT2D eigenvalue weighted by atomic mass is 9.93. The lowest BCUT2D eigenvalue weighted by molar-refractivity contribution is 0.489. The van der Waals surface area contributed by atoms with E-state index in [0.717, 1.165) is 12.8 Å². The van der Waals surface area contributed by atoms with E-state index in [0.29, 0.717) is 6.04 Å². The van der Waals surface area contributed by atoms with E-state index in [4.69, 9.17) is 0 Å². The van der Waals surface area contributed by atoms with Crippen LogP contribution in [0, 0.1) is 13.8 Å². The van der Waals surface area contributed by atoms with Crippen LogP contribution in [0.5, 0.6) is 0 Å². The highest BCUT2D eigenvalue weighted by molar-refractivity contribution is 5.39. The van der Waals surface area contributed by atoms with Crippen LogP contribution in [-0.4, -0.2) is 6.04 Å². The van der Waals surface area contributed by atoms with Crippen molar-refractivity contribution in [2.45, 2.75) is 38.8 Å². The highest BCUT2D eigenvalue weighted by Gasteiger charge is 2.20. The minimum Gasteiger partial charge on any atom is -0.303 e. The van der Waals surface area contributed by atoms with E-state index in [1.165, 1.54) is 22.3 Å². The zero-order valence-corrected chi connectivity index (χ0v) is 12.8. The molecule has 2 aromatic carbocycles. The van der Waals surface area contributed by atoms with Crippen LogP contribution in [-0.2, 0) is 0 Å². The first-order chi connectivity index (χ1) is 10.2. The molecule has 1 unspecified atom stereocenters. The molecule has 0 bridgehead atoms. The second-order valence-corrected chi connectivity index (χ2v) is 6.01. The molecule has 0 amide bonds. The molecular weight excluding hydrogens is 254 g/mol. The minimum absolute atomic E-state index is 0.275. The molecule has 0 saturated carbocycles. The molecule has 1 aliphatic rings. The van der Waals surface area contributed by atoms with Gasteiger partial charge in [-0.2, -0.15) is 0 Å². The molecule has 1 nitrogen and oxygen atoms in total. The van der Waals surface area contributed by atoms with Gasteiger partial charge in [0.2, 0.25) is 0 Å². The molecule has 0 spiro atoms. The molecule has 1 N–H and O–H groups in total. The third kappa shape index (κ3) is 3.25. The molecule has 0 aliphatic heterocycles. The number of benzene rings is 2. The molecule has 0 aromatic heterocycles. The third-order valence-electron chi connectivity index (χ3n) is 4.28. The van der Waals surface area contributed by atoms with E-state index in [9.17, 15) is 0 Å². The quantitative estimate of drug-likeness (QED) is 0.799. The molecule has 0 saturated heterocycles. The first kappa shape index (κ1) is 14.1. The van der Waals surface area contributed by atoms with Crippen molar-refractivity contribution in [1.29, 1.82) is 0 Å². The normalized spacial score (nSPS) is 16.3. The van der Waals surface area contributed by atoms with E-state index < -0.39 is 0 Å². The van der Waals surface area contributed by atoms with Gasteiger partial charge in [-0.25, -0.2) is 0 Å². The molecule has 0 heterocycles. The molecule has 21 heavy (non-hydrogen) atoms. The van der Waals surface area contributed by atoms with Crippen LogP contribution in [0.4, 0.5) is 0 Å². The second-order valence-electron chi connectivity index (χ2n) is 6.01. The molecule has 2 aromatic rings. The second kappa shape index (κ2) is 6.28. The fourth-order valence-corrected chi connectivity index (χ4v) is 3.15. The highest BCUT2D eigenvalue weighted by Crippen LogP contribution is 2.27. The van der Waals surface area contributed by atoms with Crippen LogP contribution in [0.15, 0.2) is 60.7 Å². The van der Waals surface area contributed by atoms with Gasteiger partial charge in [-0.1, -0.05) is 66.2 Å². The average molecular weight is 277 g/mol. The Morgan fingerprint density at radius 2 is 1.67 bits per heavy atom. The molecular formula is C20H23N. The smallest absolute Gasteiger partial charge is 0.0581 e. The van der Waals surface area contributed by atoms with E-state index in [1.54, 1.807) is 0 Å². The monoisotopic (exact) mass is 277 g/mol. The highest BCUT2D eigenvalue weighted by atomic mass is 15.0. The molecule has 1 atom stereocenters. The Balaban J connectivity index is 1.94. The van der Waals surface area contributed by atoms with Crippen molar-refractivity contribution < 1.29 is 0 Å². The third-order valence-corrected chi connectivity index (χ3v) is 4.28. The van der Waals surface area contributed by atoms with Crippen LogP contribution in [0.3, 0.4) is 0 Å². The van der Waals surface area contributed by atoms with Crippen LogP contribution in [0.2, 0.25) is 0 Å². The van der Waals surface area contributed by atoms with Gasteiger partial charge in [0.1, 0.15) is 0 Å². The van der Waals surface area contributed by atoms with Crippen molar-refractivity contribution in [3.63, 3.8) is 0 Å². The lowest BCUT2D eigenvalue weighted by Gasteiger charge is -2.25. The van der Waals surface area contributed by atoms with Crippen LogP contribution in [0.1, 0.15) is 41.1 Å². The van der Waals surface area contributed by atoms with Gasteiger partial charge >= 0.3 is 0 Å². The number of nitrogens with one attached hydrogen (secondary N) is 1. The molecule has 3 rings (SSSR count). The maximum atomic E-state index is 3.85. The summed E-state index contributed by atoms with van der Waals surface area (Å²) in [6.45, 7) is 4.37. The van der Waals surface area contributed by atoms with Crippen LogP contribution < -0.4 is 5.32 Å². The van der Waals surface area contributed by atoms with Gasteiger partial charge in [0.05, 0.1) is 6.04 Å². The summed E-state index contributed by atoms with van der Waals surface area (Å²) >= 11 is 0. The Morgan fingerprint density at radius 1 is 0.952 bits per heavy atom. The maximum Gasteiger partial charge on any atom is 0.0581 e. The SMILES string of the molecule is Cc1ccc(C(NC2CC=CC2)c2ccccc2)c(C)c1. The Labute approximate surface area is 127 Å². The van der Waals surface area contributed by atoms with Crippen molar-refractivity contribution in [3.8, 4) is 0 Å². The van der Waals surface area contributed by atoms with E-state index in [-0.39, 0.29) is 6.04 Å². The Kier molecular flexibility index (Phi) is 4.21. The first-order valence-corrected chi connectivity index (χ1v) is 7.77. The maximum absolute atomic E-state index is 3.85. The summed E-state index contributed by atoms with van der Waals surface area (Å²) in [5.74, 6) is 0. The van der Waals surface area contributed by atoms with Crippen molar-refractivity contribution in [3.05, 3.63) is 82.9 Å². The topological polar surface area (TPSA) is 12.0 Å². The van der Waals surface area contributed by atoms with Crippen molar-refractivity contribution in [2.24, 2.45) is 0 Å². The Hall–Kier alpha value is -1.86. The summed E-state index contributed by atoms with van der Waals surface area (Å²) in [7, 11) is 0. The number of hydrogen-bond donors (Lipinski definition) is 1. The van der Waals surface area contributed by atoms with Gasteiger partial charge in [0.25, 0.3) is 0 Å². The van der Waals surface area contributed by atoms with Crippen LogP contribution in [0.25, 0.3) is 0 Å². The Bertz CT molecular complexity index is 620. The fraction of sp³-hybridized carbons (Fsp3) is 0.300. The molecule has 0 fully saturated rings. The van der Waals surface area contributed by atoms with Gasteiger partial charge in [0.15, 0.2) is 0 Å². The van der Waals surface area contributed by atoms with Gasteiger partial charge in [0, 0.05) is 6.04 Å². The Morgan fingerprint density at radius 3 is 2.33 bits per heavy atom. The summed E-state index contributed by atoms with van der Waals surface area (Å²) in [5.41, 5.74) is 5.42. The van der Waals surface area contributed by atoms with Gasteiger partial charge in [-0.05, 0) is 43.4 Å². The summed E-state index contributed by atoms with van der Waals surface area (Å²) in [5, 5.41) is 3.85. The minimum atomic E-state index is 0.275. The van der Waals surface area contributed by atoms with Gasteiger partial charge in [-0.15, -0.1) is 0 Å². The first-order valence-electron chi connectivity index (χ1n) is 7.77. The van der Waals surface area contributed by atoms with E-state index in [1.807, 2.05) is 0 Å². The molecule has 0 radical (unpaired) electrons. The van der Waals surface area contributed by atoms with E-state index >= 15 is 0 Å². The van der Waals surface area contributed by atoms with Gasteiger partial charge in [-0.3, -0.25) is 0 Å². The van der Waals surface area contributed by atoms with Crippen molar-refractivity contribution in [1.82, 2.24) is 5.32 Å². The number of hydrogen-bond acceptors (Lipinski definition) is 1. The zero-order valence-electron chi connectivity index (χ0n) is 12.8. The summed E-state index contributed by atoms with van der Waals surface area (Å²) in [6.07, 6.45) is 6.83. The predicted octanol–water partition coefficient (Wildman–Crippen LogP) is 4.70. The van der Waals surface area contributed by atoms with E-state index in [2.05, 4.69) is 79.8 Å². The predicted molar refractivity (Wildman–Crippen MR) is 89.5 cm³/mol.